The van der Waals surface area contributed by atoms with Gasteiger partial charge in [-0.05, 0) is 60.0 Å². The summed E-state index contributed by atoms with van der Waals surface area (Å²) in [6.07, 6.45) is 2.13. The lowest BCUT2D eigenvalue weighted by molar-refractivity contribution is 0.0698. The molecule has 0 saturated carbocycles. The van der Waals surface area contributed by atoms with Crippen molar-refractivity contribution in [3.63, 3.8) is 0 Å². The predicted octanol–water partition coefficient (Wildman–Crippen LogP) is 4.54. The number of aromatic carboxylic acids is 1. The molecule has 1 amide bonds. The van der Waals surface area contributed by atoms with Gasteiger partial charge in [-0.25, -0.2) is 9.59 Å². The van der Waals surface area contributed by atoms with E-state index in [4.69, 9.17) is 16.3 Å². The van der Waals surface area contributed by atoms with Crippen LogP contribution in [0.5, 0.6) is 5.75 Å². The van der Waals surface area contributed by atoms with Crippen molar-refractivity contribution in [2.24, 2.45) is 7.05 Å². The van der Waals surface area contributed by atoms with E-state index in [-0.39, 0.29) is 11.3 Å². The van der Waals surface area contributed by atoms with Crippen LogP contribution in [0.1, 0.15) is 34.1 Å². The van der Waals surface area contributed by atoms with Crippen LogP contribution in [0.3, 0.4) is 0 Å². The van der Waals surface area contributed by atoms with E-state index in [1.807, 2.05) is 20.0 Å². The number of carboxylic acid groups (broad SMARTS) is 1. The third-order valence-electron chi connectivity index (χ3n) is 4.51. The molecule has 0 fully saturated rings. The Morgan fingerprint density at radius 2 is 1.90 bits per heavy atom. The van der Waals surface area contributed by atoms with Crippen molar-refractivity contribution in [1.29, 1.82) is 0 Å². The highest BCUT2D eigenvalue weighted by atomic mass is 35.5. The average Bonchev–Trinajstić information content (AvgIpc) is 3.08. The summed E-state index contributed by atoms with van der Waals surface area (Å²) < 4.78 is 6.95. The third kappa shape index (κ3) is 4.94. The maximum absolute atomic E-state index is 12.3. The number of halogens is 1. The summed E-state index contributed by atoms with van der Waals surface area (Å²) >= 11 is 5.82. The van der Waals surface area contributed by atoms with E-state index in [1.165, 1.54) is 0 Å². The van der Waals surface area contributed by atoms with Crippen LogP contribution in [-0.4, -0.2) is 26.9 Å². The highest BCUT2D eigenvalue weighted by Crippen LogP contribution is 2.25. The maximum atomic E-state index is 12.3. The topological polar surface area (TPSA) is 93.4 Å². The molecule has 2 N–H and O–H groups in total. The van der Waals surface area contributed by atoms with E-state index >= 15 is 0 Å². The Hall–Kier alpha value is -3.32. The molecular weight excluding hydrogens is 394 g/mol. The van der Waals surface area contributed by atoms with E-state index in [9.17, 15) is 14.7 Å². The van der Waals surface area contributed by atoms with Gasteiger partial charge in [0.05, 0.1) is 11.3 Å². The molecule has 0 aliphatic carbocycles. The van der Waals surface area contributed by atoms with Crippen molar-refractivity contribution in [3.8, 4) is 5.75 Å². The fourth-order valence-corrected chi connectivity index (χ4v) is 3.10. The van der Waals surface area contributed by atoms with Crippen LogP contribution in [0.15, 0.2) is 48.7 Å². The Kier molecular flexibility index (Phi) is 6.19. The fraction of sp³-hybridized carbons (Fsp3) is 0.190. The summed E-state index contributed by atoms with van der Waals surface area (Å²) in [4.78, 5) is 24.1. The van der Waals surface area contributed by atoms with E-state index in [0.717, 1.165) is 16.8 Å². The Morgan fingerprint density at radius 3 is 2.48 bits per heavy atom. The highest BCUT2D eigenvalue weighted by Gasteiger charge is 2.18. The first-order valence-corrected chi connectivity index (χ1v) is 9.35. The van der Waals surface area contributed by atoms with Gasteiger partial charge in [0, 0.05) is 30.4 Å². The minimum absolute atomic E-state index is 0.00701. The second-order valence-electron chi connectivity index (χ2n) is 6.42. The van der Waals surface area contributed by atoms with Gasteiger partial charge in [-0.2, -0.15) is 5.10 Å². The standard InChI is InChI=1S/C21H20ClN3O4/c1-3-13-12-19(24-21(28)29-17-6-4-15(22)5-7-17)18(20(26)27)11-14(13)10-16-8-9-23-25(16)2/h4-9,11-12H,3,10H2,1-2H3,(H,24,28)(H,26,27). The van der Waals surface area contributed by atoms with E-state index in [1.54, 1.807) is 47.3 Å². The van der Waals surface area contributed by atoms with Crippen LogP contribution in [0.2, 0.25) is 5.02 Å². The van der Waals surface area contributed by atoms with Crippen LogP contribution in [0.4, 0.5) is 10.5 Å². The number of ether oxygens (including phenoxy) is 1. The maximum Gasteiger partial charge on any atom is 0.417 e. The van der Waals surface area contributed by atoms with Crippen LogP contribution < -0.4 is 10.1 Å². The number of aromatic nitrogens is 2. The molecule has 0 spiro atoms. The first-order valence-electron chi connectivity index (χ1n) is 8.97. The van der Waals surface area contributed by atoms with Crippen LogP contribution in [0, 0.1) is 0 Å². The number of hydrogen-bond donors (Lipinski definition) is 2. The lowest BCUT2D eigenvalue weighted by Gasteiger charge is -2.15. The van der Waals surface area contributed by atoms with Crippen LogP contribution in [-0.2, 0) is 19.9 Å². The zero-order valence-electron chi connectivity index (χ0n) is 16.0. The minimum Gasteiger partial charge on any atom is -0.478 e. The van der Waals surface area contributed by atoms with Crippen molar-refractivity contribution < 1.29 is 19.4 Å². The summed E-state index contributed by atoms with van der Waals surface area (Å²) in [7, 11) is 1.84. The van der Waals surface area contributed by atoms with Crippen molar-refractivity contribution >= 4 is 29.4 Å². The number of carboxylic acids is 1. The highest BCUT2D eigenvalue weighted by molar-refractivity contribution is 6.30. The van der Waals surface area contributed by atoms with Crippen molar-refractivity contribution in [2.75, 3.05) is 5.32 Å². The molecule has 150 valence electrons. The van der Waals surface area contributed by atoms with Crippen LogP contribution in [0.25, 0.3) is 0 Å². The van der Waals surface area contributed by atoms with Gasteiger partial charge < -0.3 is 9.84 Å². The molecule has 0 unspecified atom stereocenters. The summed E-state index contributed by atoms with van der Waals surface area (Å²) in [5, 5.41) is 16.8. The van der Waals surface area contributed by atoms with Crippen molar-refractivity contribution in [3.05, 3.63) is 76.1 Å². The number of benzene rings is 2. The van der Waals surface area contributed by atoms with Crippen LogP contribution >= 0.6 is 11.6 Å². The van der Waals surface area contributed by atoms with E-state index in [2.05, 4.69) is 10.4 Å². The zero-order chi connectivity index (χ0) is 21.0. The SMILES string of the molecule is CCc1cc(NC(=O)Oc2ccc(Cl)cc2)c(C(=O)O)cc1Cc1ccnn1C. The van der Waals surface area contributed by atoms with Gasteiger partial charge >= 0.3 is 12.1 Å². The molecule has 0 atom stereocenters. The smallest absolute Gasteiger partial charge is 0.417 e. The summed E-state index contributed by atoms with van der Waals surface area (Å²) in [5.74, 6) is -0.840. The lowest BCUT2D eigenvalue weighted by atomic mass is 9.96. The van der Waals surface area contributed by atoms with Gasteiger partial charge in [0.25, 0.3) is 0 Å². The molecule has 0 aliphatic rings. The second kappa shape index (κ2) is 8.79. The first-order chi connectivity index (χ1) is 13.9. The normalized spacial score (nSPS) is 10.6. The van der Waals surface area contributed by atoms with Gasteiger partial charge in [0.2, 0.25) is 0 Å². The molecule has 0 aliphatic heterocycles. The number of carbonyl (C=O) groups excluding carboxylic acids is 1. The number of nitrogens with zero attached hydrogens (tertiary/aromatic N) is 2. The van der Waals surface area contributed by atoms with Crippen molar-refractivity contribution in [1.82, 2.24) is 9.78 Å². The van der Waals surface area contributed by atoms with Gasteiger partial charge in [0.1, 0.15) is 5.75 Å². The van der Waals surface area contributed by atoms with E-state index in [0.29, 0.717) is 23.6 Å². The largest absolute Gasteiger partial charge is 0.478 e. The molecule has 8 heteroatoms. The molecule has 0 bridgehead atoms. The molecule has 0 radical (unpaired) electrons. The first kappa shape index (κ1) is 20.4. The quantitative estimate of drug-likeness (QED) is 0.619. The monoisotopic (exact) mass is 413 g/mol. The number of hydrogen-bond acceptors (Lipinski definition) is 4. The molecule has 0 saturated heterocycles. The van der Waals surface area contributed by atoms with Gasteiger partial charge in [0.15, 0.2) is 0 Å². The number of nitrogens with one attached hydrogen (secondary N) is 1. The summed E-state index contributed by atoms with van der Waals surface area (Å²) in [6.45, 7) is 1.97. The number of anilines is 1. The number of rotatable bonds is 6. The number of carbonyl (C=O) groups is 2. The molecular formula is C21H20ClN3O4. The average molecular weight is 414 g/mol. The van der Waals surface area contributed by atoms with Gasteiger partial charge in [-0.3, -0.25) is 10.00 Å². The Balaban J connectivity index is 1.87. The Morgan fingerprint density at radius 1 is 1.17 bits per heavy atom. The fourth-order valence-electron chi connectivity index (χ4n) is 2.98. The van der Waals surface area contributed by atoms with Gasteiger partial charge in [-0.15, -0.1) is 0 Å². The minimum atomic E-state index is -1.14. The van der Waals surface area contributed by atoms with Crippen molar-refractivity contribution in [2.45, 2.75) is 19.8 Å². The number of aryl methyl sites for hydroxylation is 2. The molecule has 29 heavy (non-hydrogen) atoms. The third-order valence-corrected chi connectivity index (χ3v) is 4.76. The molecule has 3 rings (SSSR count). The van der Waals surface area contributed by atoms with Gasteiger partial charge in [-0.1, -0.05) is 18.5 Å². The molecule has 3 aromatic rings. The second-order valence-corrected chi connectivity index (χ2v) is 6.85. The molecule has 7 nitrogen and oxygen atoms in total. The molecule has 2 aromatic carbocycles. The summed E-state index contributed by atoms with van der Waals surface area (Å²) in [5.41, 5.74) is 2.93. The van der Waals surface area contributed by atoms with E-state index < -0.39 is 12.1 Å². The summed E-state index contributed by atoms with van der Waals surface area (Å²) in [6, 6.07) is 11.4. The Labute approximate surface area is 172 Å². The lowest BCUT2D eigenvalue weighted by Crippen LogP contribution is -2.19. The molecule has 1 aromatic heterocycles. The zero-order valence-corrected chi connectivity index (χ0v) is 16.7. The molecule has 1 heterocycles. The Bertz CT molecular complexity index is 1040. The number of amides is 1. The predicted molar refractivity (Wildman–Crippen MR) is 110 cm³/mol.